The first kappa shape index (κ1) is 22.8. The van der Waals surface area contributed by atoms with Gasteiger partial charge in [-0.1, -0.05) is 42.1 Å². The zero-order valence-corrected chi connectivity index (χ0v) is 19.2. The molecule has 1 aliphatic heterocycles. The lowest BCUT2D eigenvalue weighted by Crippen LogP contribution is -2.26. The summed E-state index contributed by atoms with van der Waals surface area (Å²) >= 11 is 1.47. The number of amides is 1. The first-order chi connectivity index (χ1) is 16.1. The number of ether oxygens (including phenoxy) is 2. The second-order valence-corrected chi connectivity index (χ2v) is 8.68. The minimum Gasteiger partial charge on any atom is -0.465 e. The zero-order valence-electron chi connectivity index (χ0n) is 18.4. The summed E-state index contributed by atoms with van der Waals surface area (Å²) in [6.45, 7) is 2.13. The van der Waals surface area contributed by atoms with Crippen molar-refractivity contribution in [2.75, 3.05) is 32.6 Å². The molecule has 4 rings (SSSR count). The number of carbonyl (C=O) groups excluding carboxylic acids is 2. The number of nitrogens with zero attached hydrogens (tertiary/aromatic N) is 3. The lowest BCUT2D eigenvalue weighted by Gasteiger charge is -2.15. The van der Waals surface area contributed by atoms with E-state index < -0.39 is 5.97 Å². The van der Waals surface area contributed by atoms with Gasteiger partial charge in [-0.3, -0.25) is 9.36 Å². The predicted octanol–water partition coefficient (Wildman–Crippen LogP) is 3.36. The average Bonchev–Trinajstić information content (AvgIpc) is 3.25. The number of hydrogen-bond acceptors (Lipinski definition) is 7. The van der Waals surface area contributed by atoms with Crippen LogP contribution < -0.4 is 5.56 Å². The second-order valence-electron chi connectivity index (χ2n) is 7.61. The standard InChI is InChI=1S/C24H25N3O5S/c1-31-22(29)18-8-9-19-20(16-18)25-23(33-15-5-11-26-13-14-32-24(26)30)27(21(19)28)12-10-17-6-3-2-4-7-17/h2-4,6-9,16H,5,10-15H2,1H3. The lowest BCUT2D eigenvalue weighted by atomic mass is 10.1. The van der Waals surface area contributed by atoms with Gasteiger partial charge in [0.25, 0.3) is 5.56 Å². The summed E-state index contributed by atoms with van der Waals surface area (Å²) in [6, 6.07) is 14.8. The van der Waals surface area contributed by atoms with Crippen LogP contribution in [-0.4, -0.2) is 59.1 Å². The van der Waals surface area contributed by atoms with Crippen molar-refractivity contribution in [3.05, 3.63) is 70.0 Å². The number of aryl methyl sites for hydroxylation is 1. The largest absolute Gasteiger partial charge is 0.465 e. The van der Waals surface area contributed by atoms with Crippen LogP contribution in [0.2, 0.25) is 0 Å². The van der Waals surface area contributed by atoms with Gasteiger partial charge >= 0.3 is 12.1 Å². The average molecular weight is 468 g/mol. The van der Waals surface area contributed by atoms with Crippen molar-refractivity contribution in [2.24, 2.45) is 0 Å². The molecule has 0 unspecified atom stereocenters. The van der Waals surface area contributed by atoms with Crippen LogP contribution in [0.15, 0.2) is 58.5 Å². The van der Waals surface area contributed by atoms with E-state index in [0.717, 1.165) is 12.0 Å². The summed E-state index contributed by atoms with van der Waals surface area (Å²) in [7, 11) is 1.32. The fourth-order valence-electron chi connectivity index (χ4n) is 3.69. The summed E-state index contributed by atoms with van der Waals surface area (Å²) in [5, 5.41) is 1.05. The number of benzene rings is 2. The van der Waals surface area contributed by atoms with Crippen molar-refractivity contribution in [1.29, 1.82) is 0 Å². The molecule has 8 nitrogen and oxygen atoms in total. The Morgan fingerprint density at radius 3 is 2.70 bits per heavy atom. The first-order valence-electron chi connectivity index (χ1n) is 10.8. The van der Waals surface area contributed by atoms with Gasteiger partial charge in [0.05, 0.1) is 30.1 Å². The molecule has 0 aliphatic carbocycles. The van der Waals surface area contributed by atoms with Crippen LogP contribution in [0, 0.1) is 0 Å². The molecule has 9 heteroatoms. The van der Waals surface area contributed by atoms with E-state index in [1.807, 2.05) is 30.3 Å². The Labute approximate surface area is 195 Å². The van der Waals surface area contributed by atoms with Gasteiger partial charge in [-0.05, 0) is 36.6 Å². The Kier molecular flexibility index (Phi) is 7.29. The monoisotopic (exact) mass is 467 g/mol. The summed E-state index contributed by atoms with van der Waals surface area (Å²) in [5.41, 5.74) is 1.80. The maximum Gasteiger partial charge on any atom is 0.409 e. The third-order valence-electron chi connectivity index (χ3n) is 5.46. The molecule has 0 bridgehead atoms. The van der Waals surface area contributed by atoms with Crippen LogP contribution in [0.25, 0.3) is 10.9 Å². The number of rotatable bonds is 9. The van der Waals surface area contributed by atoms with Crippen LogP contribution >= 0.6 is 11.8 Å². The third kappa shape index (κ3) is 5.36. The first-order valence-corrected chi connectivity index (χ1v) is 11.8. The Hall–Kier alpha value is -3.33. The third-order valence-corrected chi connectivity index (χ3v) is 6.52. The number of hydrogen-bond donors (Lipinski definition) is 0. The second kappa shape index (κ2) is 10.5. The fraction of sp³-hybridized carbons (Fsp3) is 0.333. The molecule has 0 radical (unpaired) electrons. The van der Waals surface area contributed by atoms with E-state index in [1.165, 1.54) is 18.9 Å². The highest BCUT2D eigenvalue weighted by Crippen LogP contribution is 2.21. The normalized spacial score (nSPS) is 13.4. The molecule has 1 aliphatic rings. The Bertz CT molecular complexity index is 1210. The van der Waals surface area contributed by atoms with E-state index in [2.05, 4.69) is 0 Å². The molecule has 1 saturated heterocycles. The zero-order chi connectivity index (χ0) is 23.2. The van der Waals surface area contributed by atoms with Crippen molar-refractivity contribution < 1.29 is 19.1 Å². The smallest absolute Gasteiger partial charge is 0.409 e. The summed E-state index contributed by atoms with van der Waals surface area (Å²) in [4.78, 5) is 43.3. The molecular formula is C24H25N3O5S. The van der Waals surface area contributed by atoms with Crippen LogP contribution in [0.4, 0.5) is 4.79 Å². The van der Waals surface area contributed by atoms with E-state index >= 15 is 0 Å². The van der Waals surface area contributed by atoms with E-state index in [-0.39, 0.29) is 11.7 Å². The molecule has 1 amide bonds. The molecule has 0 N–H and O–H groups in total. The van der Waals surface area contributed by atoms with E-state index in [9.17, 15) is 14.4 Å². The van der Waals surface area contributed by atoms with Gasteiger partial charge in [0.15, 0.2) is 5.16 Å². The molecule has 1 aromatic heterocycles. The Morgan fingerprint density at radius 2 is 1.97 bits per heavy atom. The van der Waals surface area contributed by atoms with Gasteiger partial charge in [0.1, 0.15) is 6.61 Å². The molecule has 1 fully saturated rings. The van der Waals surface area contributed by atoms with E-state index in [1.54, 1.807) is 27.7 Å². The molecule has 172 valence electrons. The van der Waals surface area contributed by atoms with Gasteiger partial charge in [-0.25, -0.2) is 14.6 Å². The van der Waals surface area contributed by atoms with E-state index in [0.29, 0.717) is 60.0 Å². The Balaban J connectivity index is 1.58. The van der Waals surface area contributed by atoms with Crippen molar-refractivity contribution in [1.82, 2.24) is 14.5 Å². The summed E-state index contributed by atoms with van der Waals surface area (Å²) in [5.74, 6) is 0.211. The van der Waals surface area contributed by atoms with Crippen LogP contribution in [0.3, 0.4) is 0 Å². The summed E-state index contributed by atoms with van der Waals surface area (Å²) < 4.78 is 11.5. The van der Waals surface area contributed by atoms with Gasteiger partial charge in [-0.2, -0.15) is 0 Å². The molecule has 0 saturated carbocycles. The molecule has 2 heterocycles. The molecule has 33 heavy (non-hydrogen) atoms. The number of cyclic esters (lactones) is 1. The van der Waals surface area contributed by atoms with Crippen molar-refractivity contribution >= 4 is 34.7 Å². The van der Waals surface area contributed by atoms with Crippen molar-refractivity contribution in [3.63, 3.8) is 0 Å². The highest BCUT2D eigenvalue weighted by atomic mass is 32.2. The Morgan fingerprint density at radius 1 is 1.15 bits per heavy atom. The maximum absolute atomic E-state index is 13.3. The van der Waals surface area contributed by atoms with Gasteiger partial charge in [-0.15, -0.1) is 0 Å². The number of carbonyl (C=O) groups is 2. The number of methoxy groups -OCH3 is 1. The van der Waals surface area contributed by atoms with Gasteiger partial charge in [0.2, 0.25) is 0 Å². The fourth-order valence-corrected chi connectivity index (χ4v) is 4.64. The number of aromatic nitrogens is 2. The van der Waals surface area contributed by atoms with Gasteiger partial charge in [0, 0.05) is 18.8 Å². The van der Waals surface area contributed by atoms with Crippen LogP contribution in [0.1, 0.15) is 22.3 Å². The molecule has 3 aromatic rings. The quantitative estimate of drug-likeness (QED) is 0.206. The lowest BCUT2D eigenvalue weighted by molar-refractivity contribution is 0.0601. The number of thioether (sulfide) groups is 1. The maximum atomic E-state index is 13.3. The highest BCUT2D eigenvalue weighted by Gasteiger charge is 2.21. The minimum atomic E-state index is -0.473. The van der Waals surface area contributed by atoms with Crippen molar-refractivity contribution in [2.45, 2.75) is 24.5 Å². The number of fused-ring (bicyclic) bond motifs is 1. The number of esters is 1. The van der Waals surface area contributed by atoms with E-state index in [4.69, 9.17) is 14.5 Å². The van der Waals surface area contributed by atoms with Crippen LogP contribution in [0.5, 0.6) is 0 Å². The molecule has 0 spiro atoms. The molecule has 2 aromatic carbocycles. The SMILES string of the molecule is COC(=O)c1ccc2c(=O)n(CCc3ccccc3)c(SCCCN3CCOC3=O)nc2c1. The minimum absolute atomic E-state index is 0.141. The highest BCUT2D eigenvalue weighted by molar-refractivity contribution is 7.99. The molecule has 0 atom stereocenters. The topological polar surface area (TPSA) is 90.7 Å². The summed E-state index contributed by atoms with van der Waals surface area (Å²) in [6.07, 6.45) is 1.16. The molecular weight excluding hydrogens is 442 g/mol. The van der Waals surface area contributed by atoms with Gasteiger partial charge < -0.3 is 14.4 Å². The van der Waals surface area contributed by atoms with Crippen molar-refractivity contribution in [3.8, 4) is 0 Å². The predicted molar refractivity (Wildman–Crippen MR) is 126 cm³/mol. The van der Waals surface area contributed by atoms with Crippen LogP contribution in [-0.2, 0) is 22.4 Å².